The van der Waals surface area contributed by atoms with Crippen molar-refractivity contribution in [1.82, 2.24) is 4.98 Å². The van der Waals surface area contributed by atoms with Crippen molar-refractivity contribution in [3.8, 4) is 5.75 Å². The molecule has 1 N–H and O–H groups in total. The zero-order valence-electron chi connectivity index (χ0n) is 22.4. The van der Waals surface area contributed by atoms with Gasteiger partial charge in [0.2, 0.25) is 0 Å². The number of aromatic nitrogens is 1. The number of fused-ring (bicyclic) bond motifs is 1. The predicted molar refractivity (Wildman–Crippen MR) is 146 cm³/mol. The highest BCUT2D eigenvalue weighted by molar-refractivity contribution is 7.85. The molecule has 2 atom stereocenters. The van der Waals surface area contributed by atoms with Crippen LogP contribution in [0.3, 0.4) is 0 Å². The van der Waals surface area contributed by atoms with Crippen LogP contribution in [0.1, 0.15) is 47.6 Å². The van der Waals surface area contributed by atoms with Crippen LogP contribution in [0.5, 0.6) is 5.75 Å². The van der Waals surface area contributed by atoms with Crippen molar-refractivity contribution in [3.63, 3.8) is 0 Å². The molecule has 41 heavy (non-hydrogen) atoms. The van der Waals surface area contributed by atoms with Crippen molar-refractivity contribution in [2.45, 2.75) is 49.7 Å². The summed E-state index contributed by atoms with van der Waals surface area (Å²) in [4.78, 5) is 17.4. The predicted octanol–water partition coefficient (Wildman–Crippen LogP) is 5.79. The molecule has 5 rings (SSSR count). The fourth-order valence-electron chi connectivity index (χ4n) is 6.38. The number of pyridine rings is 1. The molecule has 2 heterocycles. The van der Waals surface area contributed by atoms with Gasteiger partial charge >= 0.3 is 22.4 Å². The summed E-state index contributed by atoms with van der Waals surface area (Å²) in [5.41, 5.74) is 1.23. The molecule has 1 saturated heterocycles. The minimum atomic E-state index is -4.70. The van der Waals surface area contributed by atoms with E-state index in [-0.39, 0.29) is 11.3 Å². The number of hydrogen-bond acceptors (Lipinski definition) is 6. The highest BCUT2D eigenvalue weighted by Crippen LogP contribution is 2.47. The first-order valence-electron chi connectivity index (χ1n) is 13.3. The normalized spacial score (nSPS) is 19.4. The fraction of sp³-hybridized carbons (Fsp3) is 0.379. The first kappa shape index (κ1) is 28.9. The molecule has 1 aliphatic carbocycles. The lowest BCUT2D eigenvalue weighted by molar-refractivity contribution is -0.846. The molecular formula is C29H31F3N3O5S+. The van der Waals surface area contributed by atoms with Gasteiger partial charge in [-0.1, -0.05) is 24.3 Å². The molecule has 218 valence electrons. The number of anilines is 1. The van der Waals surface area contributed by atoms with Crippen LogP contribution in [0.15, 0.2) is 67.0 Å². The van der Waals surface area contributed by atoms with Crippen molar-refractivity contribution >= 4 is 21.9 Å². The molecule has 1 aromatic heterocycles. The molecule has 1 aliphatic heterocycles. The number of halogens is 3. The second kappa shape index (κ2) is 11.0. The molecule has 2 aliphatic rings. The van der Waals surface area contributed by atoms with E-state index in [1.807, 2.05) is 12.1 Å². The molecule has 2 aromatic carbocycles. The maximum Gasteiger partial charge on any atom is 0.511 e. The van der Waals surface area contributed by atoms with Crippen molar-refractivity contribution < 1.29 is 40.1 Å². The second-order valence-corrected chi connectivity index (χ2v) is 12.9. The molecule has 0 saturated carbocycles. The molecular weight excluding hydrogens is 559 g/mol. The monoisotopic (exact) mass is 590 g/mol. The van der Waals surface area contributed by atoms with Gasteiger partial charge in [-0.3, -0.25) is 4.98 Å². The highest BCUT2D eigenvalue weighted by atomic mass is 32.2. The smallest absolute Gasteiger partial charge is 0.449 e. The van der Waals surface area contributed by atoms with Crippen LogP contribution in [0.2, 0.25) is 0 Å². The summed E-state index contributed by atoms with van der Waals surface area (Å²) in [6.45, 7) is 1.14. The van der Waals surface area contributed by atoms with Gasteiger partial charge in [-0.25, -0.2) is 8.68 Å². The van der Waals surface area contributed by atoms with E-state index < -0.39 is 49.6 Å². The van der Waals surface area contributed by atoms with E-state index in [1.54, 1.807) is 31.6 Å². The van der Waals surface area contributed by atoms with E-state index in [0.717, 1.165) is 17.3 Å². The number of quaternary nitrogens is 1. The largest absolute Gasteiger partial charge is 0.511 e. The Hall–Kier alpha value is -3.64. The number of sulfonamides is 1. The van der Waals surface area contributed by atoms with E-state index in [9.17, 15) is 26.4 Å². The maximum atomic E-state index is 14.5. The topological polar surface area (TPSA) is 96.8 Å². The molecule has 0 amide bonds. The van der Waals surface area contributed by atoms with Gasteiger partial charge < -0.3 is 14.7 Å². The number of alkyl halides is 3. The van der Waals surface area contributed by atoms with Crippen LogP contribution in [-0.4, -0.2) is 54.7 Å². The van der Waals surface area contributed by atoms with E-state index in [2.05, 4.69) is 9.88 Å². The Morgan fingerprint density at radius 3 is 2.41 bits per heavy atom. The van der Waals surface area contributed by atoms with Crippen molar-refractivity contribution in [1.29, 1.82) is 0 Å². The highest BCUT2D eigenvalue weighted by Gasteiger charge is 2.54. The number of ether oxygens (including phenoxy) is 1. The Bertz CT molecular complexity index is 1530. The molecule has 8 nitrogen and oxygen atoms in total. The standard InChI is InChI=1S/C29H30F3N3O5S/c1-35(23-12-16-34(17-13-23)22-10-14-33-15-11-22,27-9-7-20-6-8-24(18-25(20)27)40-28(36)37)41(38,39)19-21-4-2-3-5-26(21)29(30,31)32/h2-6,8,10-11,14-15,18,23,27H,7,9,12-13,16-17,19H2,1H3/p+1. The minimum Gasteiger partial charge on any atom is -0.449 e. The van der Waals surface area contributed by atoms with Gasteiger partial charge in [0.05, 0.1) is 12.6 Å². The Morgan fingerprint density at radius 1 is 1.07 bits per heavy atom. The molecule has 0 spiro atoms. The van der Waals surface area contributed by atoms with Crippen LogP contribution in [0.25, 0.3) is 0 Å². The lowest BCUT2D eigenvalue weighted by Crippen LogP contribution is -2.60. The number of hydrogen-bond donors (Lipinski definition) is 1. The molecule has 3 aromatic rings. The summed E-state index contributed by atoms with van der Waals surface area (Å²) < 4.78 is 74.9. The SMILES string of the molecule is C[N+](C1CCN(c2ccncc2)CC1)(C1CCc2ccc(OC(=O)O)cc21)S(=O)(=O)Cc1ccccc1C(F)(F)F. The first-order chi connectivity index (χ1) is 19.4. The zero-order valence-corrected chi connectivity index (χ0v) is 23.2. The van der Waals surface area contributed by atoms with Gasteiger partial charge in [-0.15, -0.1) is 0 Å². The van der Waals surface area contributed by atoms with Gasteiger partial charge in [0.25, 0.3) is 0 Å². The average Bonchev–Trinajstić information content (AvgIpc) is 3.36. The van der Waals surface area contributed by atoms with Gasteiger partial charge in [0.1, 0.15) is 23.6 Å². The molecule has 2 unspecified atom stereocenters. The Kier molecular flexibility index (Phi) is 7.73. The Labute approximate surface area is 236 Å². The summed E-state index contributed by atoms with van der Waals surface area (Å²) in [5, 5.41) is 9.13. The van der Waals surface area contributed by atoms with Crippen LogP contribution >= 0.6 is 0 Å². The van der Waals surface area contributed by atoms with Crippen molar-refractivity contribution in [3.05, 3.63) is 89.2 Å². The quantitative estimate of drug-likeness (QED) is 0.211. The summed E-state index contributed by atoms with van der Waals surface area (Å²) in [6, 6.07) is 12.4. The van der Waals surface area contributed by atoms with Crippen molar-refractivity contribution in [2.75, 3.05) is 25.0 Å². The number of piperidine rings is 1. The summed E-state index contributed by atoms with van der Waals surface area (Å²) >= 11 is 0. The Balaban J connectivity index is 1.55. The number of carboxylic acid groups (broad SMARTS) is 1. The van der Waals surface area contributed by atoms with Crippen molar-refractivity contribution in [2.24, 2.45) is 0 Å². The molecule has 0 radical (unpaired) electrons. The third-order valence-electron chi connectivity index (χ3n) is 8.46. The van der Waals surface area contributed by atoms with E-state index in [4.69, 9.17) is 9.84 Å². The zero-order chi connectivity index (χ0) is 29.4. The molecule has 12 heteroatoms. The molecule has 1 fully saturated rings. The maximum absolute atomic E-state index is 14.5. The van der Waals surface area contributed by atoms with E-state index in [1.165, 1.54) is 24.3 Å². The number of aryl methyl sites for hydroxylation is 1. The van der Waals surface area contributed by atoms with E-state index in [0.29, 0.717) is 44.3 Å². The fourth-order valence-corrected chi connectivity index (χ4v) is 8.58. The number of carbonyl (C=O) groups is 1. The van der Waals surface area contributed by atoms with Gasteiger partial charge in [0, 0.05) is 56.0 Å². The Morgan fingerprint density at radius 2 is 1.76 bits per heavy atom. The summed E-state index contributed by atoms with van der Waals surface area (Å²) in [6.07, 6.45) is -0.802. The lowest BCUT2D eigenvalue weighted by atomic mass is 9.98. The lowest BCUT2D eigenvalue weighted by Gasteiger charge is -2.47. The van der Waals surface area contributed by atoms with Crippen LogP contribution in [0.4, 0.5) is 23.7 Å². The number of rotatable bonds is 7. The first-order valence-corrected chi connectivity index (χ1v) is 14.9. The van der Waals surface area contributed by atoms with Crippen LogP contribution in [-0.2, 0) is 28.4 Å². The summed E-state index contributed by atoms with van der Waals surface area (Å²) in [5.74, 6) is -0.706. The number of nitrogens with zero attached hydrogens (tertiary/aromatic N) is 3. The number of benzene rings is 2. The summed E-state index contributed by atoms with van der Waals surface area (Å²) in [7, 11) is -2.64. The van der Waals surface area contributed by atoms with Gasteiger partial charge in [-0.2, -0.15) is 21.6 Å². The van der Waals surface area contributed by atoms with Gasteiger partial charge in [-0.05, 0) is 47.9 Å². The van der Waals surface area contributed by atoms with Crippen LogP contribution < -0.4 is 9.64 Å². The minimum absolute atomic E-state index is 0.0713. The van der Waals surface area contributed by atoms with Crippen LogP contribution in [0, 0.1) is 0 Å². The third kappa shape index (κ3) is 5.62. The van der Waals surface area contributed by atoms with E-state index >= 15 is 0 Å². The second-order valence-electron chi connectivity index (χ2n) is 10.6. The van der Waals surface area contributed by atoms with Gasteiger partial charge in [0.15, 0.2) is 0 Å². The molecule has 0 bridgehead atoms. The average molecular weight is 591 g/mol. The third-order valence-corrected chi connectivity index (χ3v) is 10.9.